The highest BCUT2D eigenvalue weighted by atomic mass is 16.6. The van der Waals surface area contributed by atoms with E-state index in [2.05, 4.69) is 10.3 Å². The largest absolute Gasteiger partial charge is 0.465 e. The van der Waals surface area contributed by atoms with Gasteiger partial charge in [-0.15, -0.1) is 0 Å². The first-order chi connectivity index (χ1) is 10.2. The maximum absolute atomic E-state index is 11.9. The van der Waals surface area contributed by atoms with Crippen LogP contribution in [-0.4, -0.2) is 34.2 Å². The van der Waals surface area contributed by atoms with Gasteiger partial charge in [-0.3, -0.25) is 9.72 Å². The molecule has 0 spiro atoms. The van der Waals surface area contributed by atoms with Crippen LogP contribution in [0.5, 0.6) is 0 Å². The number of imidazole rings is 1. The number of anilines is 1. The van der Waals surface area contributed by atoms with Gasteiger partial charge in [-0.1, -0.05) is 0 Å². The van der Waals surface area contributed by atoms with E-state index in [0.29, 0.717) is 22.7 Å². The minimum absolute atomic E-state index is 0.361. The predicted octanol–water partition coefficient (Wildman–Crippen LogP) is 2.78. The number of methoxy groups -OCH3 is 1. The van der Waals surface area contributed by atoms with Gasteiger partial charge in [-0.2, -0.15) is 0 Å². The number of aromatic nitrogens is 2. The average molecular weight is 305 g/mol. The predicted molar refractivity (Wildman–Crippen MR) is 81.1 cm³/mol. The number of hydrogen-bond donors (Lipinski definition) is 1. The number of aryl methyl sites for hydroxylation is 1. The number of esters is 1. The Balaban J connectivity index is 2.38. The standard InChI is InChI=1S/C15H19N3O4/c1-9-12(17-14(20)22-15(2,3)4)18-8-10(13(19)21-5)6-7-11(18)16-9/h6-8H,1-5H3,(H,17,20). The molecule has 2 rings (SSSR count). The summed E-state index contributed by atoms with van der Waals surface area (Å²) in [7, 11) is 1.31. The molecule has 0 saturated carbocycles. The molecule has 2 aromatic heterocycles. The van der Waals surface area contributed by atoms with Crippen LogP contribution in [0.1, 0.15) is 36.8 Å². The molecule has 2 aromatic rings. The van der Waals surface area contributed by atoms with Crippen LogP contribution in [0.2, 0.25) is 0 Å². The number of nitrogens with one attached hydrogen (secondary N) is 1. The van der Waals surface area contributed by atoms with Gasteiger partial charge >= 0.3 is 12.1 Å². The number of pyridine rings is 1. The molecular formula is C15H19N3O4. The zero-order valence-electron chi connectivity index (χ0n) is 13.3. The van der Waals surface area contributed by atoms with Crippen molar-refractivity contribution in [3.8, 4) is 0 Å². The zero-order chi connectivity index (χ0) is 16.5. The summed E-state index contributed by atoms with van der Waals surface area (Å²) in [6, 6.07) is 3.30. The second kappa shape index (κ2) is 5.67. The van der Waals surface area contributed by atoms with Gasteiger partial charge in [0.05, 0.1) is 18.4 Å². The summed E-state index contributed by atoms with van der Waals surface area (Å²) in [6.07, 6.45) is 0.981. The fourth-order valence-corrected chi connectivity index (χ4v) is 1.95. The second-order valence-corrected chi connectivity index (χ2v) is 5.81. The molecule has 0 bridgehead atoms. The molecule has 0 atom stereocenters. The number of ether oxygens (including phenoxy) is 2. The van der Waals surface area contributed by atoms with Crippen molar-refractivity contribution in [3.63, 3.8) is 0 Å². The lowest BCUT2D eigenvalue weighted by Crippen LogP contribution is -2.27. The maximum Gasteiger partial charge on any atom is 0.413 e. The third-order valence-electron chi connectivity index (χ3n) is 2.83. The van der Waals surface area contributed by atoms with Crippen molar-refractivity contribution in [1.82, 2.24) is 9.38 Å². The first-order valence-electron chi connectivity index (χ1n) is 6.78. The van der Waals surface area contributed by atoms with Gasteiger partial charge in [0.1, 0.15) is 17.1 Å². The maximum atomic E-state index is 11.9. The lowest BCUT2D eigenvalue weighted by Gasteiger charge is -2.19. The molecule has 7 heteroatoms. The van der Waals surface area contributed by atoms with Crippen LogP contribution >= 0.6 is 0 Å². The fourth-order valence-electron chi connectivity index (χ4n) is 1.95. The molecule has 0 aromatic carbocycles. The smallest absolute Gasteiger partial charge is 0.413 e. The first-order valence-corrected chi connectivity index (χ1v) is 6.78. The Bertz CT molecular complexity index is 728. The number of fused-ring (bicyclic) bond motifs is 1. The van der Waals surface area contributed by atoms with Crippen LogP contribution in [-0.2, 0) is 9.47 Å². The van der Waals surface area contributed by atoms with Crippen molar-refractivity contribution < 1.29 is 19.1 Å². The molecule has 118 valence electrons. The van der Waals surface area contributed by atoms with E-state index in [0.717, 1.165) is 0 Å². The van der Waals surface area contributed by atoms with Crippen LogP contribution in [0.4, 0.5) is 10.6 Å². The summed E-state index contributed by atoms with van der Waals surface area (Å²) in [5.41, 5.74) is 0.985. The highest BCUT2D eigenvalue weighted by Crippen LogP contribution is 2.20. The third-order valence-corrected chi connectivity index (χ3v) is 2.83. The summed E-state index contributed by atoms with van der Waals surface area (Å²) in [5.74, 6) is -0.00789. The molecule has 0 radical (unpaired) electrons. The summed E-state index contributed by atoms with van der Waals surface area (Å²) >= 11 is 0. The Kier molecular flexibility index (Phi) is 4.07. The Hall–Kier alpha value is -2.57. The molecule has 1 N–H and O–H groups in total. The summed E-state index contributed by atoms with van der Waals surface area (Å²) in [5, 5.41) is 2.66. The number of hydrogen-bond acceptors (Lipinski definition) is 5. The molecule has 0 unspecified atom stereocenters. The van der Waals surface area contributed by atoms with Gasteiger partial charge in [-0.05, 0) is 39.8 Å². The van der Waals surface area contributed by atoms with Gasteiger partial charge in [0.2, 0.25) is 0 Å². The van der Waals surface area contributed by atoms with E-state index in [-0.39, 0.29) is 0 Å². The molecule has 0 aliphatic carbocycles. The van der Waals surface area contributed by atoms with Crippen molar-refractivity contribution in [3.05, 3.63) is 29.6 Å². The van der Waals surface area contributed by atoms with Crippen molar-refractivity contribution in [1.29, 1.82) is 0 Å². The van der Waals surface area contributed by atoms with Crippen LogP contribution in [0.3, 0.4) is 0 Å². The number of carbonyl (C=O) groups excluding carboxylic acids is 2. The molecule has 2 heterocycles. The first kappa shape index (κ1) is 15.8. The number of rotatable bonds is 2. The van der Waals surface area contributed by atoms with Gasteiger partial charge in [0.25, 0.3) is 0 Å². The van der Waals surface area contributed by atoms with Crippen LogP contribution in [0.25, 0.3) is 5.65 Å². The molecule has 7 nitrogen and oxygen atoms in total. The molecular weight excluding hydrogens is 286 g/mol. The molecule has 0 saturated heterocycles. The molecule has 1 amide bonds. The number of amides is 1. The van der Waals surface area contributed by atoms with Crippen LogP contribution in [0.15, 0.2) is 18.3 Å². The quantitative estimate of drug-likeness (QED) is 0.863. The average Bonchev–Trinajstić information content (AvgIpc) is 2.71. The van der Waals surface area contributed by atoms with Gasteiger partial charge in [-0.25, -0.2) is 14.6 Å². The van der Waals surface area contributed by atoms with Crippen molar-refractivity contribution in [2.45, 2.75) is 33.3 Å². The minimum atomic E-state index is -0.602. The Morgan fingerprint density at radius 1 is 1.27 bits per heavy atom. The highest BCUT2D eigenvalue weighted by Gasteiger charge is 2.19. The molecule has 0 aliphatic rings. The van der Waals surface area contributed by atoms with E-state index in [1.807, 2.05) is 0 Å². The SMILES string of the molecule is COC(=O)c1ccc2nc(C)c(NC(=O)OC(C)(C)C)n2c1. The van der Waals surface area contributed by atoms with Crippen molar-refractivity contribution >= 4 is 23.5 Å². The summed E-state index contributed by atoms with van der Waals surface area (Å²) in [4.78, 5) is 27.9. The molecule has 22 heavy (non-hydrogen) atoms. The number of carbonyl (C=O) groups is 2. The minimum Gasteiger partial charge on any atom is -0.465 e. The lowest BCUT2D eigenvalue weighted by molar-refractivity contribution is 0.0598. The van der Waals surface area contributed by atoms with E-state index >= 15 is 0 Å². The molecule has 0 aliphatic heterocycles. The van der Waals surface area contributed by atoms with E-state index in [1.54, 1.807) is 50.4 Å². The van der Waals surface area contributed by atoms with Crippen molar-refractivity contribution in [2.24, 2.45) is 0 Å². The third kappa shape index (κ3) is 3.36. The lowest BCUT2D eigenvalue weighted by atomic mass is 10.2. The van der Waals surface area contributed by atoms with Gasteiger partial charge in [0, 0.05) is 6.20 Å². The van der Waals surface area contributed by atoms with Gasteiger partial charge in [0.15, 0.2) is 0 Å². The van der Waals surface area contributed by atoms with E-state index < -0.39 is 17.7 Å². The van der Waals surface area contributed by atoms with Crippen LogP contribution in [0, 0.1) is 6.92 Å². The Morgan fingerprint density at radius 2 is 1.95 bits per heavy atom. The molecule has 0 fully saturated rings. The van der Waals surface area contributed by atoms with Gasteiger partial charge < -0.3 is 9.47 Å². The van der Waals surface area contributed by atoms with Crippen LogP contribution < -0.4 is 5.32 Å². The topological polar surface area (TPSA) is 81.9 Å². The number of nitrogens with zero attached hydrogens (tertiary/aromatic N) is 2. The summed E-state index contributed by atoms with van der Waals surface area (Å²) < 4.78 is 11.5. The fraction of sp³-hybridized carbons (Fsp3) is 0.400. The monoisotopic (exact) mass is 305 g/mol. The second-order valence-electron chi connectivity index (χ2n) is 5.81. The zero-order valence-corrected chi connectivity index (χ0v) is 13.3. The van der Waals surface area contributed by atoms with E-state index in [4.69, 9.17) is 9.47 Å². The normalized spacial score (nSPS) is 11.3. The Morgan fingerprint density at radius 3 is 2.55 bits per heavy atom. The van der Waals surface area contributed by atoms with E-state index in [1.165, 1.54) is 7.11 Å². The summed E-state index contributed by atoms with van der Waals surface area (Å²) in [6.45, 7) is 7.10. The highest BCUT2D eigenvalue weighted by molar-refractivity contribution is 5.90. The van der Waals surface area contributed by atoms with Crippen molar-refractivity contribution in [2.75, 3.05) is 12.4 Å². The van der Waals surface area contributed by atoms with E-state index in [9.17, 15) is 9.59 Å². The Labute approximate surface area is 128 Å².